The second-order valence-corrected chi connectivity index (χ2v) is 5.38. The summed E-state index contributed by atoms with van der Waals surface area (Å²) in [4.78, 5) is 0. The Kier molecular flexibility index (Phi) is 2.94. The van der Waals surface area contributed by atoms with Gasteiger partial charge in [-0.15, -0.1) is 0 Å². The highest BCUT2D eigenvalue weighted by Crippen LogP contribution is 2.42. The van der Waals surface area contributed by atoms with Crippen LogP contribution in [0.3, 0.4) is 0 Å². The Morgan fingerprint density at radius 1 is 0.682 bits per heavy atom. The molecule has 0 bridgehead atoms. The molecule has 1 aliphatic carbocycles. The zero-order valence-corrected chi connectivity index (χ0v) is 12.2. The van der Waals surface area contributed by atoms with E-state index in [1.54, 1.807) is 0 Å². The van der Waals surface area contributed by atoms with E-state index in [2.05, 4.69) is 36.4 Å². The van der Waals surface area contributed by atoms with Gasteiger partial charge in [-0.2, -0.15) is 0 Å². The van der Waals surface area contributed by atoms with E-state index in [1.807, 2.05) is 54.6 Å². The molecule has 3 aromatic carbocycles. The predicted octanol–water partition coefficient (Wildman–Crippen LogP) is 5.78. The zero-order chi connectivity index (χ0) is 15.6. The molecule has 0 heteroatoms. The molecule has 104 valence electrons. The topological polar surface area (TPSA) is 0 Å². The third-order valence-electron chi connectivity index (χ3n) is 3.92. The summed E-state index contributed by atoms with van der Waals surface area (Å²) in [6.45, 7) is 0. The van der Waals surface area contributed by atoms with Gasteiger partial charge >= 0.3 is 0 Å². The molecule has 0 amide bonds. The van der Waals surface area contributed by atoms with Gasteiger partial charge in [0.05, 0.1) is 1.37 Å². The molecule has 1 aliphatic rings. The smallest absolute Gasteiger partial charge is 0.0622 e. The molecule has 0 aliphatic heterocycles. The van der Waals surface area contributed by atoms with Gasteiger partial charge < -0.3 is 0 Å². The van der Waals surface area contributed by atoms with E-state index in [1.165, 1.54) is 0 Å². The summed E-state index contributed by atoms with van der Waals surface area (Å²) in [5.74, 6) is 0. The Morgan fingerprint density at radius 2 is 1.32 bits per heavy atom. The number of rotatable bonds is 2. The highest BCUT2D eigenvalue weighted by molar-refractivity contribution is 6.21. The van der Waals surface area contributed by atoms with E-state index in [9.17, 15) is 0 Å². The predicted molar refractivity (Wildman–Crippen MR) is 95.1 cm³/mol. The van der Waals surface area contributed by atoms with Crippen LogP contribution in [0.15, 0.2) is 84.9 Å². The SMILES string of the molecule is [2H]C1=C(c2ccccc2)/C(=C/c2ccccc2)c2ccccc21. The Hall–Kier alpha value is -2.86. The van der Waals surface area contributed by atoms with Crippen molar-refractivity contribution in [2.45, 2.75) is 0 Å². The summed E-state index contributed by atoms with van der Waals surface area (Å²) in [5, 5.41) is 0. The van der Waals surface area contributed by atoms with Crippen LogP contribution >= 0.6 is 0 Å². The largest absolute Gasteiger partial charge is 0.0636 e. The Balaban J connectivity index is 1.96. The Labute approximate surface area is 132 Å². The lowest BCUT2D eigenvalue weighted by atomic mass is 9.95. The summed E-state index contributed by atoms with van der Waals surface area (Å²) >= 11 is 0. The van der Waals surface area contributed by atoms with Crippen LogP contribution < -0.4 is 0 Å². The van der Waals surface area contributed by atoms with Gasteiger partial charge in [-0.3, -0.25) is 0 Å². The second-order valence-electron chi connectivity index (χ2n) is 5.38. The summed E-state index contributed by atoms with van der Waals surface area (Å²) in [7, 11) is 0. The number of allylic oxidation sites excluding steroid dienone is 2. The fraction of sp³-hybridized carbons (Fsp3) is 0. The highest BCUT2D eigenvalue weighted by Gasteiger charge is 2.19. The Bertz CT molecular complexity index is 903. The van der Waals surface area contributed by atoms with E-state index in [0.717, 1.165) is 33.4 Å². The number of hydrogen-bond donors (Lipinski definition) is 0. The van der Waals surface area contributed by atoms with Gasteiger partial charge in [-0.25, -0.2) is 0 Å². The standard InChI is InChI=1S/C22H16/c1-3-9-17(10-4-1)15-22-20-14-8-7-13-19(20)16-21(22)18-11-5-2-6-12-18/h1-16H/b22-15+/i16D. The molecule has 0 atom stereocenters. The first kappa shape index (κ1) is 11.8. The minimum atomic E-state index is 0.606. The molecule has 0 nitrogen and oxygen atoms in total. The van der Waals surface area contributed by atoms with Gasteiger partial charge in [0.2, 0.25) is 0 Å². The van der Waals surface area contributed by atoms with Gasteiger partial charge in [0.1, 0.15) is 0 Å². The molecule has 22 heavy (non-hydrogen) atoms. The fourth-order valence-electron chi connectivity index (χ4n) is 2.86. The first-order valence-corrected chi connectivity index (χ1v) is 7.48. The molecule has 3 aromatic rings. The van der Waals surface area contributed by atoms with E-state index in [0.29, 0.717) is 6.05 Å². The molecule has 0 unspecified atom stereocenters. The van der Waals surface area contributed by atoms with Gasteiger partial charge in [-0.1, -0.05) is 84.9 Å². The van der Waals surface area contributed by atoms with Crippen LogP contribution in [0.5, 0.6) is 0 Å². The van der Waals surface area contributed by atoms with Crippen molar-refractivity contribution in [3.63, 3.8) is 0 Å². The maximum absolute atomic E-state index is 8.64. The van der Waals surface area contributed by atoms with E-state index < -0.39 is 0 Å². The molecule has 0 heterocycles. The van der Waals surface area contributed by atoms with Crippen LogP contribution in [0.1, 0.15) is 23.6 Å². The van der Waals surface area contributed by atoms with Crippen molar-refractivity contribution in [1.29, 1.82) is 0 Å². The minimum absolute atomic E-state index is 0.606. The van der Waals surface area contributed by atoms with Crippen molar-refractivity contribution in [2.24, 2.45) is 0 Å². The van der Waals surface area contributed by atoms with Crippen molar-refractivity contribution in [3.8, 4) is 0 Å². The van der Waals surface area contributed by atoms with Crippen LogP contribution in [-0.2, 0) is 0 Å². The van der Waals surface area contributed by atoms with Gasteiger partial charge in [0.15, 0.2) is 0 Å². The van der Waals surface area contributed by atoms with Crippen LogP contribution in [0, 0.1) is 0 Å². The first-order chi connectivity index (χ1) is 11.3. The normalized spacial score (nSPS) is 15.8. The maximum Gasteiger partial charge on any atom is 0.0636 e. The van der Waals surface area contributed by atoms with Crippen molar-refractivity contribution in [2.75, 3.05) is 0 Å². The average molecular weight is 281 g/mol. The lowest BCUT2D eigenvalue weighted by Crippen LogP contribution is -1.86. The van der Waals surface area contributed by atoms with Crippen molar-refractivity contribution >= 4 is 23.3 Å². The van der Waals surface area contributed by atoms with Crippen LogP contribution in [0.25, 0.3) is 23.3 Å². The molecule has 0 radical (unpaired) electrons. The molecule has 0 fully saturated rings. The summed E-state index contributed by atoms with van der Waals surface area (Å²) in [5.41, 5.74) is 6.53. The van der Waals surface area contributed by atoms with Crippen LogP contribution in [-0.4, -0.2) is 0 Å². The summed E-state index contributed by atoms with van der Waals surface area (Å²) < 4.78 is 8.64. The average Bonchev–Trinajstić information content (AvgIpc) is 2.89. The van der Waals surface area contributed by atoms with Crippen LogP contribution in [0.2, 0.25) is 0 Å². The molecular weight excluding hydrogens is 264 g/mol. The number of benzene rings is 3. The van der Waals surface area contributed by atoms with Gasteiger partial charge in [0.25, 0.3) is 0 Å². The molecular formula is C22H16. The molecule has 4 rings (SSSR count). The van der Waals surface area contributed by atoms with Crippen molar-refractivity contribution < 1.29 is 1.37 Å². The number of fused-ring (bicyclic) bond motifs is 1. The molecule has 0 spiro atoms. The van der Waals surface area contributed by atoms with Crippen LogP contribution in [0.4, 0.5) is 0 Å². The molecule has 0 aromatic heterocycles. The van der Waals surface area contributed by atoms with E-state index in [-0.39, 0.29) is 0 Å². The monoisotopic (exact) mass is 281 g/mol. The zero-order valence-electron chi connectivity index (χ0n) is 13.2. The maximum atomic E-state index is 8.64. The van der Waals surface area contributed by atoms with Gasteiger partial charge in [0, 0.05) is 0 Å². The Morgan fingerprint density at radius 3 is 2.09 bits per heavy atom. The van der Waals surface area contributed by atoms with E-state index in [4.69, 9.17) is 1.37 Å². The number of hydrogen-bond acceptors (Lipinski definition) is 0. The molecule has 0 saturated heterocycles. The summed E-state index contributed by atoms with van der Waals surface area (Å²) in [6, 6.07) is 29.3. The minimum Gasteiger partial charge on any atom is -0.0622 e. The fourth-order valence-corrected chi connectivity index (χ4v) is 2.86. The molecule has 0 saturated carbocycles. The molecule has 0 N–H and O–H groups in total. The second kappa shape index (κ2) is 5.50. The quantitative estimate of drug-likeness (QED) is 0.558. The lowest BCUT2D eigenvalue weighted by Gasteiger charge is -2.08. The third kappa shape index (κ3) is 2.29. The van der Waals surface area contributed by atoms with Gasteiger partial charge in [-0.05, 0) is 45.5 Å². The van der Waals surface area contributed by atoms with Crippen molar-refractivity contribution in [3.05, 3.63) is 107 Å². The third-order valence-corrected chi connectivity index (χ3v) is 3.92. The summed E-state index contributed by atoms with van der Waals surface area (Å²) in [6.07, 6.45) is 2.18. The van der Waals surface area contributed by atoms with Crippen molar-refractivity contribution in [1.82, 2.24) is 0 Å². The highest BCUT2D eigenvalue weighted by atomic mass is 14.2. The van der Waals surface area contributed by atoms with E-state index >= 15 is 0 Å². The first-order valence-electron chi connectivity index (χ1n) is 7.98. The lowest BCUT2D eigenvalue weighted by molar-refractivity contribution is 1.60.